The van der Waals surface area contributed by atoms with Gasteiger partial charge in [0.2, 0.25) is 0 Å². The summed E-state index contributed by atoms with van der Waals surface area (Å²) in [4.78, 5) is 8.86. The minimum atomic E-state index is -0.276. The van der Waals surface area contributed by atoms with Crippen LogP contribution in [0.1, 0.15) is 11.3 Å². The summed E-state index contributed by atoms with van der Waals surface area (Å²) in [7, 11) is 1.81. The summed E-state index contributed by atoms with van der Waals surface area (Å²) in [5.41, 5.74) is 2.57. The van der Waals surface area contributed by atoms with Crippen LogP contribution in [-0.4, -0.2) is 17.0 Å². The van der Waals surface area contributed by atoms with E-state index in [1.165, 1.54) is 12.1 Å². The van der Waals surface area contributed by atoms with Gasteiger partial charge in [-0.2, -0.15) is 0 Å². The molecule has 5 heteroatoms. The molecule has 0 aliphatic heterocycles. The van der Waals surface area contributed by atoms with Crippen LogP contribution in [0.3, 0.4) is 0 Å². The van der Waals surface area contributed by atoms with Gasteiger partial charge in [0.05, 0.1) is 9.26 Å². The van der Waals surface area contributed by atoms with Gasteiger partial charge in [-0.3, -0.25) is 0 Å². The molecule has 0 spiro atoms. The predicted octanol–water partition coefficient (Wildman–Crippen LogP) is 3.55. The molecule has 2 rings (SSSR count). The molecule has 0 atom stereocenters. The van der Waals surface area contributed by atoms with Gasteiger partial charge in [0.15, 0.2) is 5.82 Å². The van der Waals surface area contributed by atoms with E-state index in [0.717, 1.165) is 26.2 Å². The van der Waals surface area contributed by atoms with Gasteiger partial charge in [0.25, 0.3) is 0 Å². The second-order valence-electron chi connectivity index (χ2n) is 4.00. The summed E-state index contributed by atoms with van der Waals surface area (Å²) in [6, 6.07) is 4.65. The fourth-order valence-corrected chi connectivity index (χ4v) is 2.19. The summed E-state index contributed by atoms with van der Waals surface area (Å²) < 4.78 is 14.3. The van der Waals surface area contributed by atoms with Crippen LogP contribution in [0, 0.1) is 23.2 Å². The lowest BCUT2D eigenvalue weighted by Gasteiger charge is -2.10. The summed E-state index contributed by atoms with van der Waals surface area (Å²) >= 11 is 2.19. The average molecular weight is 357 g/mol. The van der Waals surface area contributed by atoms with E-state index in [2.05, 4.69) is 37.9 Å². The molecule has 3 nitrogen and oxygen atoms in total. The standard InChI is InChI=1S/C13H13FIN3/c1-7-4-5-9(14)6-10(7)12-17-8(2)11(15)13(16-3)18-12/h4-6H,1-3H3,(H,16,17,18). The van der Waals surface area contributed by atoms with E-state index in [-0.39, 0.29) is 5.82 Å². The highest BCUT2D eigenvalue weighted by Crippen LogP contribution is 2.25. The average Bonchev–Trinajstić information content (AvgIpc) is 2.35. The summed E-state index contributed by atoms with van der Waals surface area (Å²) in [5.74, 6) is 1.04. The number of aromatic nitrogens is 2. The molecule has 1 N–H and O–H groups in total. The van der Waals surface area contributed by atoms with Crippen LogP contribution < -0.4 is 5.32 Å². The molecule has 0 aliphatic rings. The third-order valence-corrected chi connectivity index (χ3v) is 3.99. The molecule has 1 aromatic heterocycles. The third-order valence-electron chi connectivity index (χ3n) is 2.69. The highest BCUT2D eigenvalue weighted by molar-refractivity contribution is 14.1. The predicted molar refractivity (Wildman–Crippen MR) is 79.2 cm³/mol. The zero-order valence-electron chi connectivity index (χ0n) is 10.4. The molecule has 2 aromatic rings. The van der Waals surface area contributed by atoms with E-state index in [0.29, 0.717) is 5.82 Å². The summed E-state index contributed by atoms with van der Waals surface area (Å²) in [6.45, 7) is 3.84. The molecule has 0 radical (unpaired) electrons. The Bertz CT molecular complexity index is 599. The minimum absolute atomic E-state index is 0.276. The van der Waals surface area contributed by atoms with E-state index in [1.54, 1.807) is 6.07 Å². The van der Waals surface area contributed by atoms with Crippen molar-refractivity contribution in [3.05, 3.63) is 38.8 Å². The lowest BCUT2D eigenvalue weighted by Crippen LogP contribution is -2.03. The van der Waals surface area contributed by atoms with Gasteiger partial charge in [-0.25, -0.2) is 14.4 Å². The first-order valence-corrected chi connectivity index (χ1v) is 6.59. The van der Waals surface area contributed by atoms with E-state index in [1.807, 2.05) is 20.9 Å². The second kappa shape index (κ2) is 5.17. The maximum Gasteiger partial charge on any atom is 0.162 e. The van der Waals surface area contributed by atoms with Crippen molar-refractivity contribution >= 4 is 28.4 Å². The van der Waals surface area contributed by atoms with E-state index in [9.17, 15) is 4.39 Å². The van der Waals surface area contributed by atoms with E-state index in [4.69, 9.17) is 0 Å². The maximum atomic E-state index is 13.3. The normalized spacial score (nSPS) is 10.5. The Kier molecular flexibility index (Phi) is 3.79. The van der Waals surface area contributed by atoms with Gasteiger partial charge in [-0.15, -0.1) is 0 Å². The molecule has 0 saturated carbocycles. The van der Waals surface area contributed by atoms with Crippen molar-refractivity contribution in [2.75, 3.05) is 12.4 Å². The monoisotopic (exact) mass is 357 g/mol. The smallest absolute Gasteiger partial charge is 0.162 e. The molecule has 94 valence electrons. The van der Waals surface area contributed by atoms with Crippen LogP contribution in [0.5, 0.6) is 0 Å². The van der Waals surface area contributed by atoms with Crippen LogP contribution in [0.2, 0.25) is 0 Å². The van der Waals surface area contributed by atoms with Gasteiger partial charge in [-0.05, 0) is 54.1 Å². The van der Waals surface area contributed by atoms with E-state index < -0.39 is 0 Å². The van der Waals surface area contributed by atoms with E-state index >= 15 is 0 Å². The van der Waals surface area contributed by atoms with Gasteiger partial charge in [0, 0.05) is 12.6 Å². The van der Waals surface area contributed by atoms with Gasteiger partial charge < -0.3 is 5.32 Å². The van der Waals surface area contributed by atoms with Crippen molar-refractivity contribution in [2.45, 2.75) is 13.8 Å². The van der Waals surface area contributed by atoms with Crippen LogP contribution in [0.25, 0.3) is 11.4 Å². The zero-order valence-corrected chi connectivity index (χ0v) is 12.5. The van der Waals surface area contributed by atoms with Crippen molar-refractivity contribution in [3.63, 3.8) is 0 Å². The van der Waals surface area contributed by atoms with Crippen molar-refractivity contribution in [1.29, 1.82) is 0 Å². The van der Waals surface area contributed by atoms with Crippen molar-refractivity contribution < 1.29 is 4.39 Å². The molecule has 0 bridgehead atoms. The van der Waals surface area contributed by atoms with Crippen LogP contribution in [0.4, 0.5) is 10.2 Å². The maximum absolute atomic E-state index is 13.3. The number of hydrogen-bond donors (Lipinski definition) is 1. The number of anilines is 1. The number of nitrogens with zero attached hydrogens (tertiary/aromatic N) is 2. The Labute approximate surface area is 119 Å². The molecule has 0 aliphatic carbocycles. The quantitative estimate of drug-likeness (QED) is 0.836. The molecule has 18 heavy (non-hydrogen) atoms. The molecule has 1 aromatic carbocycles. The highest BCUT2D eigenvalue weighted by atomic mass is 127. The third kappa shape index (κ3) is 2.45. The molecule has 0 amide bonds. The Morgan fingerprint density at radius 2 is 1.94 bits per heavy atom. The first kappa shape index (κ1) is 13.2. The molecule has 0 saturated heterocycles. The molecular formula is C13H13FIN3. The highest BCUT2D eigenvalue weighted by Gasteiger charge is 2.12. The molecular weight excluding hydrogens is 344 g/mol. The lowest BCUT2D eigenvalue weighted by molar-refractivity contribution is 0.627. The van der Waals surface area contributed by atoms with Gasteiger partial charge in [0.1, 0.15) is 11.6 Å². The van der Waals surface area contributed by atoms with Gasteiger partial charge in [-0.1, -0.05) is 6.07 Å². The first-order valence-electron chi connectivity index (χ1n) is 5.51. The summed E-state index contributed by atoms with van der Waals surface area (Å²) in [6.07, 6.45) is 0. The number of hydrogen-bond acceptors (Lipinski definition) is 3. The topological polar surface area (TPSA) is 37.8 Å². The second-order valence-corrected chi connectivity index (χ2v) is 5.08. The van der Waals surface area contributed by atoms with Crippen molar-refractivity contribution in [1.82, 2.24) is 9.97 Å². The zero-order chi connectivity index (χ0) is 13.3. The molecule has 0 unspecified atom stereocenters. The molecule has 1 heterocycles. The number of rotatable bonds is 2. The Morgan fingerprint density at radius 3 is 2.61 bits per heavy atom. The largest absolute Gasteiger partial charge is 0.372 e. The van der Waals surface area contributed by atoms with Crippen LogP contribution in [-0.2, 0) is 0 Å². The van der Waals surface area contributed by atoms with Crippen LogP contribution in [0.15, 0.2) is 18.2 Å². The van der Waals surface area contributed by atoms with Gasteiger partial charge >= 0.3 is 0 Å². The number of halogens is 2. The van der Waals surface area contributed by atoms with Crippen LogP contribution >= 0.6 is 22.6 Å². The SMILES string of the molecule is CNc1nc(-c2cc(F)ccc2C)nc(C)c1I. The fraction of sp³-hybridized carbons (Fsp3) is 0.231. The first-order chi connectivity index (χ1) is 8.52. The van der Waals surface area contributed by atoms with Crippen molar-refractivity contribution in [2.24, 2.45) is 0 Å². The number of benzene rings is 1. The number of aryl methyl sites for hydroxylation is 2. The lowest BCUT2D eigenvalue weighted by atomic mass is 10.1. The fourth-order valence-electron chi connectivity index (χ4n) is 1.68. The minimum Gasteiger partial charge on any atom is -0.372 e. The number of nitrogens with one attached hydrogen (secondary N) is 1. The summed E-state index contributed by atoms with van der Waals surface area (Å²) in [5, 5.41) is 3.03. The molecule has 0 fully saturated rings. The Morgan fingerprint density at radius 1 is 1.22 bits per heavy atom. The Balaban J connectivity index is 2.64. The van der Waals surface area contributed by atoms with Crippen molar-refractivity contribution in [3.8, 4) is 11.4 Å². The Hall–Kier alpha value is -1.24.